The van der Waals surface area contributed by atoms with Crippen molar-refractivity contribution < 1.29 is 13.5 Å². The topological polar surface area (TPSA) is 12.5 Å². The van der Waals surface area contributed by atoms with E-state index in [4.69, 9.17) is 4.74 Å². The molecule has 0 radical (unpaired) electrons. The number of likely N-dealkylation sites (tertiary alicyclic amines) is 1. The second kappa shape index (κ2) is 3.64. The van der Waals surface area contributed by atoms with E-state index in [1.54, 1.807) is 7.11 Å². The zero-order chi connectivity index (χ0) is 12.0. The van der Waals surface area contributed by atoms with Crippen LogP contribution < -0.4 is 0 Å². The average Bonchev–Trinajstić information content (AvgIpc) is 2.53. The van der Waals surface area contributed by atoms with Gasteiger partial charge in [0.05, 0.1) is 12.0 Å². The summed E-state index contributed by atoms with van der Waals surface area (Å²) < 4.78 is 32.1. The van der Waals surface area contributed by atoms with Crippen LogP contribution in [0.1, 0.15) is 32.6 Å². The van der Waals surface area contributed by atoms with Gasteiger partial charge in [-0.2, -0.15) is 0 Å². The van der Waals surface area contributed by atoms with E-state index in [1.165, 1.54) is 0 Å². The van der Waals surface area contributed by atoms with Gasteiger partial charge in [-0.3, -0.25) is 4.90 Å². The highest BCUT2D eigenvalue weighted by molar-refractivity contribution is 5.20. The second-order valence-corrected chi connectivity index (χ2v) is 5.60. The van der Waals surface area contributed by atoms with Crippen LogP contribution in [0.3, 0.4) is 0 Å². The normalized spacial score (nSPS) is 41.8. The lowest BCUT2D eigenvalue weighted by atomic mass is 9.87. The molecule has 0 unspecified atom stereocenters. The molecule has 0 N–H and O–H groups in total. The fourth-order valence-corrected chi connectivity index (χ4v) is 3.43. The first-order chi connectivity index (χ1) is 7.41. The Morgan fingerprint density at radius 3 is 2.31 bits per heavy atom. The van der Waals surface area contributed by atoms with Crippen LogP contribution in [-0.2, 0) is 4.74 Å². The maximum absolute atomic E-state index is 13.4. The molecular formula is C12H21F2NO. The lowest BCUT2D eigenvalue weighted by molar-refractivity contribution is 0.0434. The molecule has 1 saturated heterocycles. The van der Waals surface area contributed by atoms with E-state index in [2.05, 4.69) is 11.8 Å². The van der Waals surface area contributed by atoms with Crippen LogP contribution in [0, 0.1) is 5.41 Å². The van der Waals surface area contributed by atoms with Gasteiger partial charge in [-0.15, -0.1) is 0 Å². The molecule has 2 nitrogen and oxygen atoms in total. The number of alkyl halides is 2. The van der Waals surface area contributed by atoms with Gasteiger partial charge in [0.1, 0.15) is 0 Å². The van der Waals surface area contributed by atoms with Gasteiger partial charge in [0.25, 0.3) is 5.92 Å². The van der Waals surface area contributed by atoms with Gasteiger partial charge in [0, 0.05) is 25.6 Å². The lowest BCUT2D eigenvalue weighted by Crippen LogP contribution is -2.45. The van der Waals surface area contributed by atoms with E-state index >= 15 is 0 Å². The third kappa shape index (κ3) is 1.58. The molecule has 2 fully saturated rings. The van der Waals surface area contributed by atoms with E-state index in [9.17, 15) is 8.78 Å². The fraction of sp³-hybridized carbons (Fsp3) is 1.00. The van der Waals surface area contributed by atoms with Crippen LogP contribution in [-0.4, -0.2) is 43.7 Å². The minimum Gasteiger partial charge on any atom is -0.383 e. The maximum Gasteiger partial charge on any atom is 0.255 e. The number of methoxy groups -OCH3 is 1. The summed E-state index contributed by atoms with van der Waals surface area (Å²) in [4.78, 5) is 2.10. The van der Waals surface area contributed by atoms with Crippen LogP contribution in [0.2, 0.25) is 0 Å². The SMILES string of the molecule is CCC[C@@]1(COC)C[C@]2(CN1C)CC2(F)F. The minimum atomic E-state index is -2.44. The Kier molecular flexibility index (Phi) is 2.78. The van der Waals surface area contributed by atoms with E-state index < -0.39 is 11.3 Å². The standard InChI is InChI=1S/C12H21F2NO/c1-4-5-11(9-16-3)6-10(8-15(11)2)7-12(10,13)14/h4-9H2,1-3H3/t10-,11+/m1/s1. The predicted octanol–water partition coefficient (Wildman–Crippen LogP) is 2.53. The zero-order valence-corrected chi connectivity index (χ0v) is 10.4. The third-order valence-electron chi connectivity index (χ3n) is 4.36. The largest absolute Gasteiger partial charge is 0.383 e. The van der Waals surface area contributed by atoms with E-state index in [1.807, 2.05) is 7.05 Å². The highest BCUT2D eigenvalue weighted by atomic mass is 19.3. The van der Waals surface area contributed by atoms with E-state index in [0.717, 1.165) is 12.8 Å². The molecule has 0 aromatic heterocycles. The van der Waals surface area contributed by atoms with E-state index in [-0.39, 0.29) is 12.0 Å². The quantitative estimate of drug-likeness (QED) is 0.740. The molecule has 16 heavy (non-hydrogen) atoms. The summed E-state index contributed by atoms with van der Waals surface area (Å²) in [6.45, 7) is 3.18. The number of hydrogen-bond donors (Lipinski definition) is 0. The summed E-state index contributed by atoms with van der Waals surface area (Å²) in [6, 6.07) is 0. The van der Waals surface area contributed by atoms with Crippen LogP contribution in [0.25, 0.3) is 0 Å². The molecule has 2 atom stereocenters. The Morgan fingerprint density at radius 1 is 1.31 bits per heavy atom. The number of ether oxygens (including phenoxy) is 1. The summed E-state index contributed by atoms with van der Waals surface area (Å²) in [5.74, 6) is -2.44. The summed E-state index contributed by atoms with van der Waals surface area (Å²) in [7, 11) is 3.61. The number of hydrogen-bond acceptors (Lipinski definition) is 2. The lowest BCUT2D eigenvalue weighted by Gasteiger charge is -2.35. The van der Waals surface area contributed by atoms with Crippen molar-refractivity contribution in [3.63, 3.8) is 0 Å². The molecule has 1 aliphatic carbocycles. The smallest absolute Gasteiger partial charge is 0.255 e. The van der Waals surface area contributed by atoms with Crippen molar-refractivity contribution in [3.8, 4) is 0 Å². The van der Waals surface area contributed by atoms with Crippen molar-refractivity contribution in [1.29, 1.82) is 0 Å². The van der Waals surface area contributed by atoms with Gasteiger partial charge in [0.15, 0.2) is 0 Å². The van der Waals surface area contributed by atoms with Crippen molar-refractivity contribution >= 4 is 0 Å². The molecule has 0 aromatic rings. The average molecular weight is 233 g/mol. The van der Waals surface area contributed by atoms with Crippen LogP contribution in [0.5, 0.6) is 0 Å². The van der Waals surface area contributed by atoms with Gasteiger partial charge in [0.2, 0.25) is 0 Å². The Labute approximate surface area is 95.9 Å². The predicted molar refractivity (Wildman–Crippen MR) is 58.8 cm³/mol. The number of halogens is 2. The van der Waals surface area contributed by atoms with Gasteiger partial charge in [-0.1, -0.05) is 13.3 Å². The molecule has 1 heterocycles. The highest BCUT2D eigenvalue weighted by Crippen LogP contribution is 2.68. The monoisotopic (exact) mass is 233 g/mol. The van der Waals surface area contributed by atoms with Gasteiger partial charge >= 0.3 is 0 Å². The van der Waals surface area contributed by atoms with Crippen molar-refractivity contribution in [2.75, 3.05) is 27.3 Å². The molecule has 1 spiro atoms. The summed E-state index contributed by atoms with van der Waals surface area (Å²) in [5.41, 5.74) is -0.904. The summed E-state index contributed by atoms with van der Waals surface area (Å²) >= 11 is 0. The number of rotatable bonds is 4. The molecule has 0 aromatic carbocycles. The van der Waals surface area contributed by atoms with Gasteiger partial charge < -0.3 is 4.74 Å². The first kappa shape index (κ1) is 12.2. The summed E-state index contributed by atoms with van der Waals surface area (Å²) in [6.07, 6.45) is 2.61. The second-order valence-electron chi connectivity index (χ2n) is 5.60. The molecule has 0 amide bonds. The van der Waals surface area contributed by atoms with Crippen molar-refractivity contribution in [2.24, 2.45) is 5.41 Å². The first-order valence-corrected chi connectivity index (χ1v) is 5.99. The van der Waals surface area contributed by atoms with Crippen LogP contribution >= 0.6 is 0 Å². The molecule has 2 rings (SSSR count). The van der Waals surface area contributed by atoms with Crippen molar-refractivity contribution in [1.82, 2.24) is 4.90 Å². The number of nitrogens with zero attached hydrogens (tertiary/aromatic N) is 1. The Balaban J connectivity index is 2.15. The van der Waals surface area contributed by atoms with Gasteiger partial charge in [-0.05, 0) is 19.9 Å². The molecular weight excluding hydrogens is 212 g/mol. The Bertz CT molecular complexity index is 276. The molecule has 1 saturated carbocycles. The number of likely N-dealkylation sites (N-methyl/N-ethyl adjacent to an activating group) is 1. The Morgan fingerprint density at radius 2 is 1.94 bits per heavy atom. The highest BCUT2D eigenvalue weighted by Gasteiger charge is 2.75. The minimum absolute atomic E-state index is 0.0690. The molecule has 94 valence electrons. The molecule has 1 aliphatic heterocycles. The molecule has 2 aliphatic rings. The van der Waals surface area contributed by atoms with Gasteiger partial charge in [-0.25, -0.2) is 8.78 Å². The first-order valence-electron chi connectivity index (χ1n) is 5.99. The third-order valence-corrected chi connectivity index (χ3v) is 4.36. The molecule has 4 heteroatoms. The van der Waals surface area contributed by atoms with Crippen LogP contribution in [0.4, 0.5) is 8.78 Å². The summed E-state index contributed by atoms with van der Waals surface area (Å²) in [5, 5.41) is 0. The van der Waals surface area contributed by atoms with Crippen molar-refractivity contribution in [2.45, 2.75) is 44.1 Å². The molecule has 0 bridgehead atoms. The van der Waals surface area contributed by atoms with Crippen molar-refractivity contribution in [3.05, 3.63) is 0 Å². The van der Waals surface area contributed by atoms with Crippen LogP contribution in [0.15, 0.2) is 0 Å². The zero-order valence-electron chi connectivity index (χ0n) is 10.4. The maximum atomic E-state index is 13.4. The fourth-order valence-electron chi connectivity index (χ4n) is 3.43. The Hall–Kier alpha value is -0.220. The van der Waals surface area contributed by atoms with E-state index in [0.29, 0.717) is 19.6 Å².